The van der Waals surface area contributed by atoms with Gasteiger partial charge in [0.25, 0.3) is 5.91 Å². The summed E-state index contributed by atoms with van der Waals surface area (Å²) in [4.78, 5) is 43.8. The Morgan fingerprint density at radius 3 is 1.91 bits per heavy atom. The van der Waals surface area contributed by atoms with Crippen LogP contribution in [-0.4, -0.2) is 57.7 Å². The summed E-state index contributed by atoms with van der Waals surface area (Å²) < 4.78 is 49.5. The van der Waals surface area contributed by atoms with Crippen molar-refractivity contribution < 1.29 is 41.9 Å². The monoisotopic (exact) mass is 487 g/mol. The van der Waals surface area contributed by atoms with Gasteiger partial charge in [0.05, 0.1) is 5.56 Å². The zero-order chi connectivity index (χ0) is 26.3. The molecule has 188 valence electrons. The van der Waals surface area contributed by atoms with Gasteiger partial charge in [0.1, 0.15) is 16.9 Å². The Balaban J connectivity index is 2.57. The van der Waals surface area contributed by atoms with E-state index in [0.717, 1.165) is 29.3 Å². The molecule has 1 unspecified atom stereocenters. The highest BCUT2D eigenvalue weighted by molar-refractivity contribution is 6.24. The molecule has 0 fully saturated rings. The highest BCUT2D eigenvalue weighted by Crippen LogP contribution is 2.34. The smallest absolute Gasteiger partial charge is 0.442 e. The van der Waals surface area contributed by atoms with Crippen LogP contribution in [0.1, 0.15) is 59.6 Å². The number of hydrazone groups is 1. The number of hydroxylamine groups is 2. The van der Waals surface area contributed by atoms with Crippen molar-refractivity contribution in [3.8, 4) is 0 Å². The molecule has 2 amide bonds. The lowest BCUT2D eigenvalue weighted by Gasteiger charge is -2.36. The molecule has 2 rings (SSSR count). The van der Waals surface area contributed by atoms with E-state index in [0.29, 0.717) is 5.06 Å². The van der Waals surface area contributed by atoms with Gasteiger partial charge < -0.3 is 9.47 Å². The Bertz CT molecular complexity index is 993. The molecule has 1 aliphatic rings. The predicted octanol–water partition coefficient (Wildman–Crippen LogP) is 4.74. The summed E-state index contributed by atoms with van der Waals surface area (Å²) in [5.41, 5.74) is -5.06. The maximum absolute atomic E-state index is 13.2. The van der Waals surface area contributed by atoms with Gasteiger partial charge in [-0.05, 0) is 60.6 Å². The van der Waals surface area contributed by atoms with Crippen molar-refractivity contribution >= 4 is 23.9 Å². The molecule has 1 aromatic rings. The number of hydrogen-bond donors (Lipinski definition) is 0. The molecule has 0 saturated heterocycles. The fraction of sp³-hybridized carbons (Fsp3) is 0.545. The van der Waals surface area contributed by atoms with Crippen molar-refractivity contribution in [2.75, 3.05) is 7.05 Å². The van der Waals surface area contributed by atoms with Crippen LogP contribution in [0, 0.1) is 0 Å². The third-order valence-corrected chi connectivity index (χ3v) is 4.43. The lowest BCUT2D eigenvalue weighted by molar-refractivity contribution is -0.176. The quantitative estimate of drug-likeness (QED) is 0.441. The molecular weight excluding hydrogens is 459 g/mol. The van der Waals surface area contributed by atoms with Gasteiger partial charge in [0.15, 0.2) is 0 Å². The first-order valence-electron chi connectivity index (χ1n) is 10.2. The van der Waals surface area contributed by atoms with E-state index in [1.54, 1.807) is 41.5 Å². The lowest BCUT2D eigenvalue weighted by atomic mass is 9.89. The molecule has 12 heteroatoms. The summed E-state index contributed by atoms with van der Waals surface area (Å²) in [5.74, 6) is -0.795. The number of carbonyl (C=O) groups excluding carboxylic acids is 3. The van der Waals surface area contributed by atoms with Crippen molar-refractivity contribution in [3.63, 3.8) is 0 Å². The maximum atomic E-state index is 13.2. The van der Waals surface area contributed by atoms with Crippen molar-refractivity contribution in [2.24, 2.45) is 5.10 Å². The highest BCUT2D eigenvalue weighted by atomic mass is 19.4. The minimum atomic E-state index is -4.58. The molecule has 0 aliphatic carbocycles. The van der Waals surface area contributed by atoms with Crippen LogP contribution in [0.2, 0.25) is 0 Å². The number of nitrogens with zero attached hydrogens (tertiary/aromatic N) is 3. The maximum Gasteiger partial charge on any atom is 0.534 e. The molecule has 34 heavy (non-hydrogen) atoms. The number of ether oxygens (including phenoxy) is 2. The number of benzene rings is 1. The number of amides is 2. The number of carbonyl (C=O) groups is 3. The van der Waals surface area contributed by atoms with E-state index in [1.807, 2.05) is 0 Å². The van der Waals surface area contributed by atoms with Gasteiger partial charge in [-0.3, -0.25) is 9.63 Å². The zero-order valence-corrected chi connectivity index (χ0v) is 20.2. The molecule has 9 nitrogen and oxygen atoms in total. The molecule has 0 aromatic heterocycles. The van der Waals surface area contributed by atoms with Crippen LogP contribution in [0.5, 0.6) is 0 Å². The molecule has 0 bridgehead atoms. The first kappa shape index (κ1) is 26.9. The average molecular weight is 487 g/mol. The predicted molar refractivity (Wildman–Crippen MR) is 115 cm³/mol. The molecule has 0 spiro atoms. The third-order valence-electron chi connectivity index (χ3n) is 4.43. The minimum Gasteiger partial charge on any atom is -0.442 e. The highest BCUT2D eigenvalue weighted by Gasteiger charge is 2.57. The van der Waals surface area contributed by atoms with E-state index in [-0.39, 0.29) is 11.3 Å². The standard InChI is InChI=1S/C22H28F3N3O6/c1-19(2,3)32-17(30)28(34-18(31)33-20(4,5)6)21(7)15(26-27(8)16(21)29)13-9-11-14(12-10-13)22(23,24)25/h9-12H,1-8H3. The summed E-state index contributed by atoms with van der Waals surface area (Å²) in [7, 11) is 1.29. The van der Waals surface area contributed by atoms with Crippen LogP contribution in [-0.2, 0) is 25.3 Å². The topological polar surface area (TPSA) is 97.7 Å². The number of halogens is 3. The second-order valence-corrected chi connectivity index (χ2v) is 9.76. The Morgan fingerprint density at radius 1 is 0.971 bits per heavy atom. The van der Waals surface area contributed by atoms with E-state index in [2.05, 4.69) is 5.10 Å². The summed E-state index contributed by atoms with van der Waals surface area (Å²) in [5, 5.41) is 5.39. The molecule has 1 heterocycles. The second kappa shape index (κ2) is 8.80. The van der Waals surface area contributed by atoms with Crippen LogP contribution >= 0.6 is 0 Å². The molecule has 1 aliphatic heterocycles. The zero-order valence-electron chi connectivity index (χ0n) is 20.2. The summed E-state index contributed by atoms with van der Waals surface area (Å²) in [6.07, 6.45) is -7.08. The average Bonchev–Trinajstić information content (AvgIpc) is 2.87. The number of rotatable bonds is 2. The fourth-order valence-corrected chi connectivity index (χ4v) is 3.01. The molecule has 1 aromatic carbocycles. The molecule has 0 N–H and O–H groups in total. The van der Waals surface area contributed by atoms with E-state index in [9.17, 15) is 27.6 Å². The molecule has 0 saturated carbocycles. The summed E-state index contributed by atoms with van der Waals surface area (Å²) in [6, 6.07) is 3.83. The Morgan fingerprint density at radius 2 is 1.47 bits per heavy atom. The van der Waals surface area contributed by atoms with Gasteiger partial charge in [-0.25, -0.2) is 14.6 Å². The van der Waals surface area contributed by atoms with Crippen LogP contribution in [0.3, 0.4) is 0 Å². The Labute approximate surface area is 195 Å². The lowest BCUT2D eigenvalue weighted by Crippen LogP contribution is -2.61. The van der Waals surface area contributed by atoms with Crippen molar-refractivity contribution in [2.45, 2.75) is 71.4 Å². The first-order chi connectivity index (χ1) is 15.3. The van der Waals surface area contributed by atoms with Gasteiger partial charge in [0, 0.05) is 12.6 Å². The normalized spacial score (nSPS) is 19.0. The summed E-state index contributed by atoms with van der Waals surface area (Å²) >= 11 is 0. The van der Waals surface area contributed by atoms with Crippen molar-refractivity contribution in [1.82, 2.24) is 10.1 Å². The van der Waals surface area contributed by atoms with Crippen LogP contribution < -0.4 is 0 Å². The number of likely N-dealkylation sites (N-methyl/N-ethyl adjacent to an activating group) is 1. The largest absolute Gasteiger partial charge is 0.534 e. The number of alkyl halides is 3. The van der Waals surface area contributed by atoms with E-state index >= 15 is 0 Å². The van der Waals surface area contributed by atoms with E-state index in [1.165, 1.54) is 14.0 Å². The Hall–Kier alpha value is -3.31. The Kier molecular flexibility index (Phi) is 6.97. The van der Waals surface area contributed by atoms with Gasteiger partial charge in [-0.2, -0.15) is 18.3 Å². The summed E-state index contributed by atoms with van der Waals surface area (Å²) in [6.45, 7) is 10.6. The van der Waals surface area contributed by atoms with Gasteiger partial charge in [0.2, 0.25) is 5.54 Å². The van der Waals surface area contributed by atoms with Crippen molar-refractivity contribution in [3.05, 3.63) is 35.4 Å². The minimum absolute atomic E-state index is 0.0922. The van der Waals surface area contributed by atoms with Crippen LogP contribution in [0.25, 0.3) is 0 Å². The SMILES string of the molecule is CN1N=C(c2ccc(C(F)(F)F)cc2)C(C)(N(OC(=O)OC(C)(C)C)C(=O)OC(C)(C)C)C1=O. The molecular formula is C22H28F3N3O6. The second-order valence-electron chi connectivity index (χ2n) is 9.76. The van der Waals surface area contributed by atoms with Gasteiger partial charge in [-0.1, -0.05) is 12.1 Å². The molecule has 0 radical (unpaired) electrons. The van der Waals surface area contributed by atoms with Gasteiger partial charge in [-0.15, -0.1) is 5.06 Å². The van der Waals surface area contributed by atoms with Crippen molar-refractivity contribution in [1.29, 1.82) is 0 Å². The van der Waals surface area contributed by atoms with Gasteiger partial charge >= 0.3 is 18.4 Å². The first-order valence-corrected chi connectivity index (χ1v) is 10.2. The molecule has 1 atom stereocenters. The van der Waals surface area contributed by atoms with Crippen LogP contribution in [0.4, 0.5) is 22.8 Å². The van der Waals surface area contributed by atoms with E-state index in [4.69, 9.17) is 14.3 Å². The fourth-order valence-electron chi connectivity index (χ4n) is 3.01. The van der Waals surface area contributed by atoms with E-state index < -0.39 is 46.6 Å². The third kappa shape index (κ3) is 5.97. The number of hydrogen-bond acceptors (Lipinski definition) is 7. The van der Waals surface area contributed by atoms with Crippen LogP contribution in [0.15, 0.2) is 29.4 Å².